The van der Waals surface area contributed by atoms with Crippen molar-refractivity contribution in [3.8, 4) is 0 Å². The molecule has 6 heteroatoms. The van der Waals surface area contributed by atoms with Crippen molar-refractivity contribution in [3.63, 3.8) is 0 Å². The van der Waals surface area contributed by atoms with Crippen LogP contribution in [-0.2, 0) is 16.6 Å². The van der Waals surface area contributed by atoms with E-state index >= 15 is 0 Å². The monoisotopic (exact) mass is 346 g/mol. The average molecular weight is 346 g/mol. The molecule has 0 aliphatic carbocycles. The number of rotatable bonds is 6. The molecule has 0 unspecified atom stereocenters. The lowest BCUT2D eigenvalue weighted by Gasteiger charge is -2.21. The predicted octanol–water partition coefficient (Wildman–Crippen LogP) is 2.57. The fourth-order valence-corrected chi connectivity index (χ4v) is 3.77. The average Bonchev–Trinajstić information content (AvgIpc) is 2.59. The van der Waals surface area contributed by atoms with Gasteiger partial charge in [-0.2, -0.15) is 4.31 Å². The van der Waals surface area contributed by atoms with E-state index in [1.807, 2.05) is 13.8 Å². The summed E-state index contributed by atoms with van der Waals surface area (Å²) < 4.78 is 26.9. The molecule has 0 fully saturated rings. The summed E-state index contributed by atoms with van der Waals surface area (Å²) in [6.45, 7) is 4.36. The third-order valence-corrected chi connectivity index (χ3v) is 5.75. The highest BCUT2D eigenvalue weighted by atomic mass is 32.2. The summed E-state index contributed by atoms with van der Waals surface area (Å²) in [5, 5.41) is 2.56. The third-order valence-electron chi connectivity index (χ3n) is 3.81. The maximum atomic E-state index is 12.8. The highest BCUT2D eigenvalue weighted by Crippen LogP contribution is 2.19. The normalized spacial score (nSPS) is 11.5. The summed E-state index contributed by atoms with van der Waals surface area (Å²) >= 11 is 0. The molecule has 0 atom stereocenters. The van der Waals surface area contributed by atoms with E-state index in [0.29, 0.717) is 12.1 Å². The summed E-state index contributed by atoms with van der Waals surface area (Å²) in [4.78, 5) is 11.8. The van der Waals surface area contributed by atoms with Crippen LogP contribution in [0.3, 0.4) is 0 Å². The van der Waals surface area contributed by atoms with Crippen LogP contribution < -0.4 is 5.32 Å². The molecule has 0 bridgehead atoms. The van der Waals surface area contributed by atoms with Gasteiger partial charge in [-0.3, -0.25) is 4.79 Å². The van der Waals surface area contributed by atoms with Crippen LogP contribution in [0, 0.1) is 6.92 Å². The molecule has 0 spiro atoms. The number of nitrogens with one attached hydrogen (secondary N) is 1. The number of amides is 1. The van der Waals surface area contributed by atoms with E-state index in [0.717, 1.165) is 11.1 Å². The van der Waals surface area contributed by atoms with Gasteiger partial charge in [0.25, 0.3) is 5.91 Å². The Hall–Kier alpha value is -2.18. The van der Waals surface area contributed by atoms with E-state index in [1.165, 1.54) is 4.31 Å². The van der Waals surface area contributed by atoms with Gasteiger partial charge >= 0.3 is 0 Å². The molecule has 0 heterocycles. The number of carbonyl (C=O) groups is 1. The molecule has 0 aliphatic rings. The van der Waals surface area contributed by atoms with Gasteiger partial charge in [-0.15, -0.1) is 0 Å². The number of hydrogen-bond donors (Lipinski definition) is 1. The fraction of sp³-hybridized carbons (Fsp3) is 0.278. The summed E-state index contributed by atoms with van der Waals surface area (Å²) in [6.07, 6.45) is 0. The molecule has 0 radical (unpaired) electrons. The van der Waals surface area contributed by atoms with E-state index in [9.17, 15) is 13.2 Å². The topological polar surface area (TPSA) is 66.5 Å². The van der Waals surface area contributed by atoms with Gasteiger partial charge in [0.1, 0.15) is 0 Å². The molecule has 2 aromatic rings. The first-order valence-electron chi connectivity index (χ1n) is 7.76. The number of nitrogens with zero attached hydrogens (tertiary/aromatic N) is 1. The Bertz CT molecular complexity index is 797. The van der Waals surface area contributed by atoms with Crippen LogP contribution in [0.2, 0.25) is 0 Å². The molecular weight excluding hydrogens is 324 g/mol. The molecule has 0 saturated carbocycles. The molecule has 2 aromatic carbocycles. The minimum Gasteiger partial charge on any atom is -0.355 e. The third kappa shape index (κ3) is 4.01. The highest BCUT2D eigenvalue weighted by molar-refractivity contribution is 7.89. The Kier molecular flexibility index (Phi) is 5.75. The molecule has 0 aromatic heterocycles. The zero-order valence-corrected chi connectivity index (χ0v) is 14.9. The Morgan fingerprint density at radius 2 is 1.62 bits per heavy atom. The van der Waals surface area contributed by atoms with E-state index < -0.39 is 10.0 Å². The molecule has 128 valence electrons. The fourth-order valence-electron chi connectivity index (χ4n) is 2.34. The second-order valence-electron chi connectivity index (χ2n) is 5.52. The van der Waals surface area contributed by atoms with Gasteiger partial charge in [0.2, 0.25) is 10.0 Å². The van der Waals surface area contributed by atoms with Crippen molar-refractivity contribution in [3.05, 3.63) is 65.2 Å². The first-order chi connectivity index (χ1) is 11.4. The van der Waals surface area contributed by atoms with E-state index in [2.05, 4.69) is 5.32 Å². The lowest BCUT2D eigenvalue weighted by Crippen LogP contribution is -2.30. The number of benzene rings is 2. The number of sulfonamides is 1. The number of hydrogen-bond acceptors (Lipinski definition) is 3. The maximum absolute atomic E-state index is 12.8. The van der Waals surface area contributed by atoms with Gasteiger partial charge in [0, 0.05) is 25.7 Å². The zero-order valence-electron chi connectivity index (χ0n) is 14.1. The van der Waals surface area contributed by atoms with Crippen LogP contribution in [0.25, 0.3) is 0 Å². The van der Waals surface area contributed by atoms with Gasteiger partial charge < -0.3 is 5.32 Å². The summed E-state index contributed by atoms with van der Waals surface area (Å²) in [5.74, 6) is -0.166. The minimum absolute atomic E-state index is 0.166. The van der Waals surface area contributed by atoms with E-state index in [-0.39, 0.29) is 17.3 Å². The van der Waals surface area contributed by atoms with Crippen LogP contribution in [-0.4, -0.2) is 32.2 Å². The summed E-state index contributed by atoms with van der Waals surface area (Å²) in [5.41, 5.74) is 2.40. The first-order valence-corrected chi connectivity index (χ1v) is 9.20. The maximum Gasteiger partial charge on any atom is 0.251 e. The lowest BCUT2D eigenvalue weighted by atomic mass is 10.1. The first kappa shape index (κ1) is 18.2. The Morgan fingerprint density at radius 3 is 2.12 bits per heavy atom. The van der Waals surface area contributed by atoms with Crippen LogP contribution in [0.4, 0.5) is 0 Å². The number of carbonyl (C=O) groups excluding carboxylic acids is 1. The smallest absolute Gasteiger partial charge is 0.251 e. The molecule has 24 heavy (non-hydrogen) atoms. The van der Waals surface area contributed by atoms with E-state index in [1.54, 1.807) is 55.6 Å². The Morgan fingerprint density at radius 1 is 1.04 bits per heavy atom. The predicted molar refractivity (Wildman–Crippen MR) is 94.3 cm³/mol. The van der Waals surface area contributed by atoms with Gasteiger partial charge in [0.15, 0.2) is 0 Å². The SMILES string of the molecule is CCN(Cc1ccc(C(=O)NC)cc1)S(=O)(=O)c1ccc(C)cc1. The zero-order chi connectivity index (χ0) is 17.7. The van der Waals surface area contributed by atoms with Crippen molar-refractivity contribution in [2.75, 3.05) is 13.6 Å². The van der Waals surface area contributed by atoms with Gasteiger partial charge in [-0.25, -0.2) is 8.42 Å². The molecule has 5 nitrogen and oxygen atoms in total. The Balaban J connectivity index is 2.22. The molecule has 1 amide bonds. The minimum atomic E-state index is -3.54. The van der Waals surface area contributed by atoms with Crippen molar-refractivity contribution in [1.82, 2.24) is 9.62 Å². The van der Waals surface area contributed by atoms with Crippen LogP contribution >= 0.6 is 0 Å². The van der Waals surface area contributed by atoms with Gasteiger partial charge in [-0.05, 0) is 36.8 Å². The van der Waals surface area contributed by atoms with Gasteiger partial charge in [0.05, 0.1) is 4.90 Å². The Labute approximate surface area is 143 Å². The van der Waals surface area contributed by atoms with Crippen molar-refractivity contribution in [2.24, 2.45) is 0 Å². The largest absolute Gasteiger partial charge is 0.355 e. The highest BCUT2D eigenvalue weighted by Gasteiger charge is 2.23. The van der Waals surface area contributed by atoms with Crippen LogP contribution in [0.5, 0.6) is 0 Å². The van der Waals surface area contributed by atoms with Crippen molar-refractivity contribution < 1.29 is 13.2 Å². The van der Waals surface area contributed by atoms with Crippen LogP contribution in [0.1, 0.15) is 28.4 Å². The molecular formula is C18H22N2O3S. The van der Waals surface area contributed by atoms with E-state index in [4.69, 9.17) is 0 Å². The standard InChI is InChI=1S/C18H22N2O3S/c1-4-20(24(22,23)17-11-5-14(2)6-12-17)13-15-7-9-16(10-8-15)18(21)19-3/h5-12H,4,13H2,1-3H3,(H,19,21). The molecule has 0 saturated heterocycles. The van der Waals surface area contributed by atoms with Crippen LogP contribution in [0.15, 0.2) is 53.4 Å². The molecule has 0 aliphatic heterocycles. The van der Waals surface area contributed by atoms with Crippen molar-refractivity contribution in [2.45, 2.75) is 25.3 Å². The quantitative estimate of drug-likeness (QED) is 0.874. The van der Waals surface area contributed by atoms with Gasteiger partial charge in [-0.1, -0.05) is 36.8 Å². The summed E-state index contributed by atoms with van der Waals surface area (Å²) in [7, 11) is -1.97. The lowest BCUT2D eigenvalue weighted by molar-refractivity contribution is 0.0963. The second kappa shape index (κ2) is 7.59. The van der Waals surface area contributed by atoms with Crippen molar-refractivity contribution in [1.29, 1.82) is 0 Å². The molecule has 2 rings (SSSR count). The summed E-state index contributed by atoms with van der Waals surface area (Å²) in [6, 6.07) is 13.8. The molecule has 1 N–H and O–H groups in total. The number of aryl methyl sites for hydroxylation is 1. The second-order valence-corrected chi connectivity index (χ2v) is 7.46. The van der Waals surface area contributed by atoms with Crippen molar-refractivity contribution >= 4 is 15.9 Å².